The SMILES string of the molecule is Cn1c(=O)n(C)c2cc(NC(=O)CN3C(=O)c4ccccc4N4C(=O)c5ccccc5[C@@H]34)ccc21. The molecule has 1 aromatic heterocycles. The van der Waals surface area contributed by atoms with E-state index in [2.05, 4.69) is 5.32 Å². The van der Waals surface area contributed by atoms with E-state index in [0.717, 1.165) is 5.52 Å². The third kappa shape index (κ3) is 2.94. The lowest BCUT2D eigenvalue weighted by atomic mass is 10.0. The van der Waals surface area contributed by atoms with Gasteiger partial charge < -0.3 is 10.2 Å². The van der Waals surface area contributed by atoms with E-state index in [9.17, 15) is 19.2 Å². The summed E-state index contributed by atoms with van der Waals surface area (Å²) in [4.78, 5) is 55.1. The number of hydrogen-bond acceptors (Lipinski definition) is 4. The summed E-state index contributed by atoms with van der Waals surface area (Å²) in [6.07, 6.45) is -0.704. The highest BCUT2D eigenvalue weighted by molar-refractivity contribution is 6.17. The van der Waals surface area contributed by atoms with Gasteiger partial charge in [-0.3, -0.25) is 28.4 Å². The van der Waals surface area contributed by atoms with Crippen LogP contribution in [0, 0.1) is 0 Å². The Labute approximate surface area is 199 Å². The van der Waals surface area contributed by atoms with Crippen molar-refractivity contribution >= 4 is 40.1 Å². The molecule has 1 atom stereocenters. The highest BCUT2D eigenvalue weighted by Crippen LogP contribution is 2.44. The lowest BCUT2D eigenvalue weighted by Crippen LogP contribution is -2.50. The highest BCUT2D eigenvalue weighted by atomic mass is 16.2. The second kappa shape index (κ2) is 7.42. The van der Waals surface area contributed by atoms with Gasteiger partial charge in [0.15, 0.2) is 0 Å². The smallest absolute Gasteiger partial charge is 0.324 e. The van der Waals surface area contributed by atoms with Gasteiger partial charge in [0.2, 0.25) is 5.91 Å². The second-order valence-electron chi connectivity index (χ2n) is 8.74. The number of nitrogens with one attached hydrogen (secondary N) is 1. The van der Waals surface area contributed by atoms with Gasteiger partial charge in [-0.2, -0.15) is 0 Å². The molecular formula is C26H21N5O4. The van der Waals surface area contributed by atoms with E-state index in [-0.39, 0.29) is 24.0 Å². The van der Waals surface area contributed by atoms with Crippen molar-refractivity contribution < 1.29 is 14.4 Å². The van der Waals surface area contributed by atoms with Gasteiger partial charge in [0.05, 0.1) is 22.3 Å². The number of nitrogens with zero attached hydrogens (tertiary/aromatic N) is 4. The first kappa shape index (κ1) is 20.9. The molecule has 2 aliphatic heterocycles. The minimum Gasteiger partial charge on any atom is -0.324 e. The maximum absolute atomic E-state index is 13.5. The minimum absolute atomic E-state index is 0.161. The fourth-order valence-corrected chi connectivity index (χ4v) is 5.07. The standard InChI is InChI=1S/C26H21N5O4/c1-28-20-12-11-15(13-21(20)29(2)26(28)35)27-22(32)14-30-23-16-7-3-4-8-17(16)25(34)31(23)19-10-6-5-9-18(19)24(30)33/h3-13,23H,14H2,1-2H3,(H,27,32)/t23-/m0/s1. The maximum Gasteiger partial charge on any atom is 0.328 e. The van der Waals surface area contributed by atoms with Crippen molar-refractivity contribution in [1.29, 1.82) is 0 Å². The first-order valence-electron chi connectivity index (χ1n) is 11.1. The molecule has 0 saturated carbocycles. The normalized spacial score (nSPS) is 16.3. The van der Waals surface area contributed by atoms with Crippen LogP contribution in [-0.4, -0.2) is 38.3 Å². The average molecular weight is 467 g/mol. The van der Waals surface area contributed by atoms with Crippen LogP contribution in [0.2, 0.25) is 0 Å². The van der Waals surface area contributed by atoms with E-state index in [1.807, 2.05) is 12.1 Å². The molecule has 174 valence electrons. The Balaban J connectivity index is 1.35. The molecular weight excluding hydrogens is 446 g/mol. The molecule has 35 heavy (non-hydrogen) atoms. The van der Waals surface area contributed by atoms with Crippen LogP contribution in [0.25, 0.3) is 11.0 Å². The molecule has 0 spiro atoms. The van der Waals surface area contributed by atoms with E-state index in [1.54, 1.807) is 73.6 Å². The zero-order valence-electron chi connectivity index (χ0n) is 19.1. The van der Waals surface area contributed by atoms with E-state index >= 15 is 0 Å². The van der Waals surface area contributed by atoms with E-state index < -0.39 is 12.1 Å². The molecule has 3 aromatic carbocycles. The number of amides is 3. The number of hydrogen-bond donors (Lipinski definition) is 1. The summed E-state index contributed by atoms with van der Waals surface area (Å²) in [6.45, 7) is -0.248. The Morgan fingerprint density at radius 2 is 1.51 bits per heavy atom. The molecule has 3 amide bonds. The fourth-order valence-electron chi connectivity index (χ4n) is 5.07. The molecule has 3 heterocycles. The molecule has 1 N–H and O–H groups in total. The number of carbonyl (C=O) groups is 3. The number of fused-ring (bicyclic) bond motifs is 6. The number of para-hydroxylation sites is 1. The van der Waals surface area contributed by atoms with Gasteiger partial charge in [0.25, 0.3) is 11.8 Å². The van der Waals surface area contributed by atoms with Gasteiger partial charge >= 0.3 is 5.69 Å². The van der Waals surface area contributed by atoms with Crippen molar-refractivity contribution in [3.63, 3.8) is 0 Å². The summed E-state index contributed by atoms with van der Waals surface area (Å²) in [7, 11) is 3.36. The van der Waals surface area contributed by atoms with Crippen molar-refractivity contribution in [3.05, 3.63) is 93.9 Å². The number of carbonyl (C=O) groups excluding carboxylic acids is 3. The lowest BCUT2D eigenvalue weighted by molar-refractivity contribution is -0.117. The first-order chi connectivity index (χ1) is 16.9. The van der Waals surface area contributed by atoms with Gasteiger partial charge in [-0.15, -0.1) is 0 Å². The Kier molecular flexibility index (Phi) is 4.44. The molecule has 2 aliphatic rings. The van der Waals surface area contributed by atoms with E-state index in [1.165, 1.54) is 14.0 Å². The van der Waals surface area contributed by atoms with Crippen LogP contribution in [0.3, 0.4) is 0 Å². The molecule has 0 bridgehead atoms. The summed E-state index contributed by atoms with van der Waals surface area (Å²) in [5, 5.41) is 2.84. The summed E-state index contributed by atoms with van der Waals surface area (Å²) in [5.41, 5.74) is 3.89. The van der Waals surface area contributed by atoms with E-state index in [4.69, 9.17) is 0 Å². The first-order valence-corrected chi connectivity index (χ1v) is 11.1. The summed E-state index contributed by atoms with van der Waals surface area (Å²) in [5.74, 6) is -0.927. The Bertz CT molecular complexity index is 1630. The predicted octanol–water partition coefficient (Wildman–Crippen LogP) is 2.63. The van der Waals surface area contributed by atoms with Crippen molar-refractivity contribution in [1.82, 2.24) is 14.0 Å². The number of aryl methyl sites for hydroxylation is 2. The van der Waals surface area contributed by atoms with Crippen LogP contribution in [0.5, 0.6) is 0 Å². The van der Waals surface area contributed by atoms with Crippen molar-refractivity contribution in [2.75, 3.05) is 16.8 Å². The van der Waals surface area contributed by atoms with Gasteiger partial charge in [-0.25, -0.2) is 4.79 Å². The fraction of sp³-hybridized carbons (Fsp3) is 0.154. The van der Waals surface area contributed by atoms with Crippen LogP contribution >= 0.6 is 0 Å². The quantitative estimate of drug-likeness (QED) is 0.501. The second-order valence-corrected chi connectivity index (χ2v) is 8.74. The molecule has 9 heteroatoms. The third-order valence-corrected chi connectivity index (χ3v) is 6.75. The lowest BCUT2D eigenvalue weighted by Gasteiger charge is -2.40. The largest absolute Gasteiger partial charge is 0.328 e. The maximum atomic E-state index is 13.5. The number of imidazole rings is 1. The molecule has 0 saturated heterocycles. The molecule has 0 fully saturated rings. The zero-order chi connectivity index (χ0) is 24.4. The molecule has 0 aliphatic carbocycles. The van der Waals surface area contributed by atoms with Crippen molar-refractivity contribution in [2.24, 2.45) is 14.1 Å². The number of aromatic nitrogens is 2. The Hall–Kier alpha value is -4.66. The van der Waals surface area contributed by atoms with E-state index in [0.29, 0.717) is 33.6 Å². The van der Waals surface area contributed by atoms with Crippen molar-refractivity contribution in [2.45, 2.75) is 6.17 Å². The van der Waals surface area contributed by atoms with Gasteiger partial charge in [-0.05, 0) is 36.4 Å². The summed E-state index contributed by atoms with van der Waals surface area (Å²) < 4.78 is 3.04. The van der Waals surface area contributed by atoms with Crippen LogP contribution in [0.15, 0.2) is 71.5 Å². The topological polar surface area (TPSA) is 96.7 Å². The number of benzene rings is 3. The minimum atomic E-state index is -0.704. The van der Waals surface area contributed by atoms with Gasteiger partial charge in [0.1, 0.15) is 12.7 Å². The molecule has 0 unspecified atom stereocenters. The number of rotatable bonds is 3. The Morgan fingerprint density at radius 1 is 0.829 bits per heavy atom. The monoisotopic (exact) mass is 467 g/mol. The average Bonchev–Trinajstić information content (AvgIpc) is 3.28. The zero-order valence-corrected chi connectivity index (χ0v) is 19.1. The molecule has 0 radical (unpaired) electrons. The number of anilines is 2. The highest BCUT2D eigenvalue weighted by Gasteiger charge is 2.48. The van der Waals surface area contributed by atoms with Gasteiger partial charge in [0, 0.05) is 30.9 Å². The molecule has 4 aromatic rings. The van der Waals surface area contributed by atoms with Crippen LogP contribution in [-0.2, 0) is 18.9 Å². The van der Waals surface area contributed by atoms with Crippen LogP contribution < -0.4 is 15.9 Å². The molecule has 6 rings (SSSR count). The Morgan fingerprint density at radius 3 is 2.31 bits per heavy atom. The third-order valence-electron chi connectivity index (χ3n) is 6.75. The van der Waals surface area contributed by atoms with Crippen LogP contribution in [0.4, 0.5) is 11.4 Å². The van der Waals surface area contributed by atoms with Crippen LogP contribution in [0.1, 0.15) is 32.4 Å². The van der Waals surface area contributed by atoms with Crippen molar-refractivity contribution in [3.8, 4) is 0 Å². The predicted molar refractivity (Wildman–Crippen MR) is 130 cm³/mol. The summed E-state index contributed by atoms with van der Waals surface area (Å²) >= 11 is 0. The van der Waals surface area contributed by atoms with Gasteiger partial charge in [-0.1, -0.05) is 30.3 Å². The summed E-state index contributed by atoms with van der Waals surface area (Å²) in [6, 6.07) is 19.3. The molecule has 9 nitrogen and oxygen atoms in total.